The zero-order valence-electron chi connectivity index (χ0n) is 26.3. The Balaban J connectivity index is 1.83. The molecule has 0 heterocycles. The third-order valence-electron chi connectivity index (χ3n) is 7.67. The van der Waals surface area contributed by atoms with Gasteiger partial charge in [0.25, 0.3) is 10.0 Å². The van der Waals surface area contributed by atoms with Crippen LogP contribution in [0.5, 0.6) is 0 Å². The Kier molecular flexibility index (Phi) is 11.1. The number of hydrogen-bond acceptors (Lipinski definition) is 4. The van der Waals surface area contributed by atoms with Crippen LogP contribution in [-0.4, -0.2) is 43.8 Å². The summed E-state index contributed by atoms with van der Waals surface area (Å²) < 4.78 is 29.5. The molecule has 0 spiro atoms. The van der Waals surface area contributed by atoms with Gasteiger partial charge in [0.05, 0.1) is 10.6 Å². The molecule has 0 aliphatic carbocycles. The third kappa shape index (κ3) is 8.53. The lowest BCUT2D eigenvalue weighted by atomic mass is 10.0. The molecular weight excluding hydrogens is 606 g/mol. The standard InChI is InChI=1S/C36H40ClN3O4S/c1-25(2)38-36(42)34(22-29-11-7-6-8-12-29)39(23-30-13-9-10-14-33(30)37)35(41)24-40(31-18-17-27(4)28(5)21-31)45(43,44)32-19-15-26(3)16-20-32/h6-21,25,34H,22-24H2,1-5H3,(H,38,42). The van der Waals surface area contributed by atoms with Gasteiger partial charge >= 0.3 is 0 Å². The molecule has 0 saturated carbocycles. The highest BCUT2D eigenvalue weighted by molar-refractivity contribution is 7.92. The summed E-state index contributed by atoms with van der Waals surface area (Å²) in [6.45, 7) is 8.91. The number of rotatable bonds is 12. The molecule has 0 aliphatic heterocycles. The smallest absolute Gasteiger partial charge is 0.264 e. The predicted molar refractivity (Wildman–Crippen MR) is 181 cm³/mol. The molecule has 1 N–H and O–H groups in total. The summed E-state index contributed by atoms with van der Waals surface area (Å²) in [4.78, 5) is 29.9. The summed E-state index contributed by atoms with van der Waals surface area (Å²) in [5, 5.41) is 3.40. The molecular formula is C36H40ClN3O4S. The van der Waals surface area contributed by atoms with E-state index in [1.54, 1.807) is 54.6 Å². The fourth-order valence-corrected chi connectivity index (χ4v) is 6.59. The SMILES string of the molecule is Cc1ccc(S(=O)(=O)N(CC(=O)N(Cc2ccccc2Cl)C(Cc2ccccc2)C(=O)NC(C)C)c2ccc(C)c(C)c2)cc1. The van der Waals surface area contributed by atoms with Crippen LogP contribution < -0.4 is 9.62 Å². The van der Waals surface area contributed by atoms with E-state index in [1.165, 1.54) is 4.90 Å². The van der Waals surface area contributed by atoms with Crippen LogP contribution in [-0.2, 0) is 32.6 Å². The molecule has 0 aromatic heterocycles. The molecule has 0 saturated heterocycles. The number of amides is 2. The molecule has 1 unspecified atom stereocenters. The van der Waals surface area contributed by atoms with Crippen molar-refractivity contribution >= 4 is 39.1 Å². The lowest BCUT2D eigenvalue weighted by Gasteiger charge is -2.34. The van der Waals surface area contributed by atoms with Crippen LogP contribution in [0.1, 0.15) is 41.7 Å². The maximum absolute atomic E-state index is 14.5. The van der Waals surface area contributed by atoms with E-state index < -0.39 is 28.5 Å². The molecule has 0 bridgehead atoms. The number of carbonyl (C=O) groups excluding carboxylic acids is 2. The zero-order chi connectivity index (χ0) is 32.7. The number of anilines is 1. The minimum absolute atomic E-state index is 0.00681. The van der Waals surface area contributed by atoms with Crippen LogP contribution in [0.15, 0.2) is 102 Å². The van der Waals surface area contributed by atoms with Gasteiger partial charge in [0, 0.05) is 24.0 Å². The van der Waals surface area contributed by atoms with Crippen LogP contribution in [0, 0.1) is 20.8 Å². The topological polar surface area (TPSA) is 86.8 Å². The Morgan fingerprint density at radius 2 is 1.47 bits per heavy atom. The Labute approximate surface area is 271 Å². The molecule has 0 aliphatic rings. The number of nitrogens with zero attached hydrogens (tertiary/aromatic N) is 2. The van der Waals surface area contributed by atoms with Gasteiger partial charge in [-0.15, -0.1) is 0 Å². The lowest BCUT2D eigenvalue weighted by Crippen LogP contribution is -2.54. The average molecular weight is 646 g/mol. The quantitative estimate of drug-likeness (QED) is 0.188. The van der Waals surface area contributed by atoms with Gasteiger partial charge in [-0.1, -0.05) is 83.9 Å². The van der Waals surface area contributed by atoms with Crippen molar-refractivity contribution in [2.45, 2.75) is 64.6 Å². The normalized spacial score (nSPS) is 12.1. The van der Waals surface area contributed by atoms with Gasteiger partial charge in [0.15, 0.2) is 0 Å². The lowest BCUT2D eigenvalue weighted by molar-refractivity contribution is -0.140. The number of aryl methyl sites for hydroxylation is 3. The highest BCUT2D eigenvalue weighted by Gasteiger charge is 2.35. The fourth-order valence-electron chi connectivity index (χ4n) is 4.99. The Morgan fingerprint density at radius 1 is 0.822 bits per heavy atom. The van der Waals surface area contributed by atoms with Crippen molar-refractivity contribution in [2.75, 3.05) is 10.8 Å². The molecule has 4 aromatic carbocycles. The summed E-state index contributed by atoms with van der Waals surface area (Å²) in [5.41, 5.74) is 4.64. The van der Waals surface area contributed by atoms with Crippen molar-refractivity contribution in [3.63, 3.8) is 0 Å². The number of nitrogens with one attached hydrogen (secondary N) is 1. The number of halogens is 1. The Morgan fingerprint density at radius 3 is 2.09 bits per heavy atom. The van der Waals surface area contributed by atoms with Gasteiger partial charge in [0.1, 0.15) is 12.6 Å². The Bertz CT molecular complexity index is 1740. The minimum Gasteiger partial charge on any atom is -0.352 e. The predicted octanol–water partition coefficient (Wildman–Crippen LogP) is 6.63. The van der Waals surface area contributed by atoms with Crippen LogP contribution >= 0.6 is 11.6 Å². The first-order valence-electron chi connectivity index (χ1n) is 14.9. The van der Waals surface area contributed by atoms with Gasteiger partial charge in [-0.25, -0.2) is 8.42 Å². The number of sulfonamides is 1. The first-order valence-corrected chi connectivity index (χ1v) is 16.7. The summed E-state index contributed by atoms with van der Waals surface area (Å²) in [6.07, 6.45) is 0.226. The van der Waals surface area contributed by atoms with Gasteiger partial charge in [-0.2, -0.15) is 0 Å². The molecule has 7 nitrogen and oxygen atoms in total. The summed E-state index contributed by atoms with van der Waals surface area (Å²) in [5.74, 6) is -0.878. The molecule has 4 aromatic rings. The van der Waals surface area contributed by atoms with Crippen molar-refractivity contribution in [3.05, 3.63) is 130 Å². The number of hydrogen-bond donors (Lipinski definition) is 1. The average Bonchev–Trinajstić information content (AvgIpc) is 3.00. The molecule has 0 radical (unpaired) electrons. The fraction of sp³-hybridized carbons (Fsp3) is 0.278. The zero-order valence-corrected chi connectivity index (χ0v) is 27.9. The van der Waals surface area contributed by atoms with Crippen LogP contribution in [0.4, 0.5) is 5.69 Å². The van der Waals surface area contributed by atoms with E-state index in [4.69, 9.17) is 11.6 Å². The third-order valence-corrected chi connectivity index (χ3v) is 9.82. The highest BCUT2D eigenvalue weighted by atomic mass is 35.5. The van der Waals surface area contributed by atoms with E-state index in [0.717, 1.165) is 26.6 Å². The van der Waals surface area contributed by atoms with E-state index in [-0.39, 0.29) is 29.8 Å². The van der Waals surface area contributed by atoms with Crippen molar-refractivity contribution in [3.8, 4) is 0 Å². The van der Waals surface area contributed by atoms with Crippen molar-refractivity contribution in [2.24, 2.45) is 0 Å². The number of carbonyl (C=O) groups is 2. The van der Waals surface area contributed by atoms with Crippen molar-refractivity contribution < 1.29 is 18.0 Å². The first kappa shape index (κ1) is 33.7. The maximum atomic E-state index is 14.5. The van der Waals surface area contributed by atoms with E-state index in [1.807, 2.05) is 77.1 Å². The second kappa shape index (κ2) is 14.8. The van der Waals surface area contributed by atoms with Crippen LogP contribution in [0.3, 0.4) is 0 Å². The first-order chi connectivity index (χ1) is 21.4. The molecule has 1 atom stereocenters. The second-order valence-electron chi connectivity index (χ2n) is 11.6. The van der Waals surface area contributed by atoms with Crippen molar-refractivity contribution in [1.82, 2.24) is 10.2 Å². The maximum Gasteiger partial charge on any atom is 0.264 e. The van der Waals surface area contributed by atoms with E-state index >= 15 is 0 Å². The number of benzene rings is 4. The van der Waals surface area contributed by atoms with E-state index in [2.05, 4.69) is 5.32 Å². The summed E-state index contributed by atoms with van der Waals surface area (Å²) >= 11 is 6.56. The largest absolute Gasteiger partial charge is 0.352 e. The van der Waals surface area contributed by atoms with Crippen molar-refractivity contribution in [1.29, 1.82) is 0 Å². The van der Waals surface area contributed by atoms with Gasteiger partial charge < -0.3 is 10.2 Å². The van der Waals surface area contributed by atoms with Gasteiger partial charge in [-0.3, -0.25) is 13.9 Å². The summed E-state index contributed by atoms with van der Waals surface area (Å²) in [6, 6.07) is 27.3. The Hall–Kier alpha value is -4.14. The highest BCUT2D eigenvalue weighted by Crippen LogP contribution is 2.28. The molecule has 2 amide bonds. The molecule has 0 fully saturated rings. The summed E-state index contributed by atoms with van der Waals surface area (Å²) in [7, 11) is -4.17. The van der Waals surface area contributed by atoms with Crippen LogP contribution in [0.25, 0.3) is 0 Å². The molecule has 4 rings (SSSR count). The minimum atomic E-state index is -4.17. The monoisotopic (exact) mass is 645 g/mol. The van der Waals surface area contributed by atoms with E-state index in [9.17, 15) is 18.0 Å². The molecule has 236 valence electrons. The van der Waals surface area contributed by atoms with E-state index in [0.29, 0.717) is 16.3 Å². The van der Waals surface area contributed by atoms with Crippen LogP contribution in [0.2, 0.25) is 5.02 Å². The van der Waals surface area contributed by atoms with Gasteiger partial charge in [0.2, 0.25) is 11.8 Å². The van der Waals surface area contributed by atoms with Gasteiger partial charge in [-0.05, 0) is 87.2 Å². The second-order valence-corrected chi connectivity index (χ2v) is 13.8. The molecule has 45 heavy (non-hydrogen) atoms. The molecule has 9 heteroatoms.